The van der Waals surface area contributed by atoms with Crippen LogP contribution < -0.4 is 5.32 Å². The van der Waals surface area contributed by atoms with E-state index in [1.165, 1.54) is 0 Å². The third kappa shape index (κ3) is 1.92. The number of morpholine rings is 1. The molecular weight excluding hydrogens is 205 g/mol. The van der Waals surface area contributed by atoms with Crippen molar-refractivity contribution in [1.82, 2.24) is 5.32 Å². The Labute approximate surface area is 56.8 Å². The van der Waals surface area contributed by atoms with Gasteiger partial charge in [-0.25, -0.2) is 0 Å². The molecule has 0 amide bonds. The van der Waals surface area contributed by atoms with E-state index in [0.717, 1.165) is 19.8 Å². The lowest BCUT2D eigenvalue weighted by atomic mass is 10.5. The van der Waals surface area contributed by atoms with Crippen molar-refractivity contribution < 1.29 is 4.74 Å². The zero-order chi connectivity index (χ0) is 5.11. The first-order valence-electron chi connectivity index (χ1n) is 2.35. The predicted octanol–water partition coefficient (Wildman–Crippen LogP) is 0.367. The molecule has 0 aromatic rings. The van der Waals surface area contributed by atoms with Gasteiger partial charge in [-0.05, 0) is 0 Å². The Bertz CT molecular complexity index is 53.7. The molecule has 2 nitrogen and oxygen atoms in total. The van der Waals surface area contributed by atoms with Gasteiger partial charge in [-0.2, -0.15) is 0 Å². The van der Waals surface area contributed by atoms with Gasteiger partial charge in [0.1, 0.15) is 0 Å². The first-order chi connectivity index (χ1) is 3.39. The second-order valence-corrected chi connectivity index (χ2v) is 3.00. The first kappa shape index (κ1) is 5.78. The van der Waals surface area contributed by atoms with Gasteiger partial charge >= 0.3 is 0 Å². The van der Waals surface area contributed by atoms with Crippen LogP contribution in [0.5, 0.6) is 0 Å². The van der Waals surface area contributed by atoms with Crippen molar-refractivity contribution in [2.75, 3.05) is 19.8 Å². The summed E-state index contributed by atoms with van der Waals surface area (Å²) in [5.74, 6) is 0. The molecule has 0 aromatic carbocycles. The summed E-state index contributed by atoms with van der Waals surface area (Å²) in [6.45, 7) is 2.74. The molecule has 0 radical (unpaired) electrons. The van der Waals surface area contributed by atoms with E-state index in [9.17, 15) is 0 Å². The van der Waals surface area contributed by atoms with Crippen molar-refractivity contribution in [3.8, 4) is 0 Å². The molecule has 0 spiro atoms. The second kappa shape index (κ2) is 2.84. The monoisotopic (exact) mass is 213 g/mol. The molecule has 1 aliphatic rings. The zero-order valence-corrected chi connectivity index (χ0v) is 6.14. The van der Waals surface area contributed by atoms with Gasteiger partial charge in [0.15, 0.2) is 0 Å². The summed E-state index contributed by atoms with van der Waals surface area (Å²) in [6.07, 6.45) is 0. The largest absolute Gasteiger partial charge is 0.378 e. The first-order valence-corrected chi connectivity index (χ1v) is 3.59. The van der Waals surface area contributed by atoms with Crippen molar-refractivity contribution in [3.05, 3.63) is 0 Å². The number of nitrogens with one attached hydrogen (secondary N) is 1. The molecule has 1 rings (SSSR count). The number of hydrogen-bond acceptors (Lipinski definition) is 2. The Morgan fingerprint density at radius 2 is 2.57 bits per heavy atom. The molecule has 0 saturated carbocycles. The Hall–Kier alpha value is 0.650. The molecule has 0 aliphatic carbocycles. The molecule has 1 saturated heterocycles. The lowest BCUT2D eigenvalue weighted by molar-refractivity contribution is 0.104. The van der Waals surface area contributed by atoms with Gasteiger partial charge in [0.2, 0.25) is 0 Å². The SMILES string of the molecule is I[C@@H]1COCCN1. The minimum atomic E-state index is 0.534. The van der Waals surface area contributed by atoms with Gasteiger partial charge in [-0.1, -0.05) is 22.6 Å². The minimum absolute atomic E-state index is 0.534. The minimum Gasteiger partial charge on any atom is -0.378 e. The fourth-order valence-electron chi connectivity index (χ4n) is 0.533. The fourth-order valence-corrected chi connectivity index (χ4v) is 1.10. The van der Waals surface area contributed by atoms with Crippen LogP contribution in [0, 0.1) is 0 Å². The Balaban J connectivity index is 2.12. The van der Waals surface area contributed by atoms with Gasteiger partial charge in [0.25, 0.3) is 0 Å². The van der Waals surface area contributed by atoms with Crippen LogP contribution in [-0.4, -0.2) is 23.8 Å². The molecule has 1 heterocycles. The lowest BCUT2D eigenvalue weighted by Gasteiger charge is -2.17. The van der Waals surface area contributed by atoms with Crippen LogP contribution in [0.3, 0.4) is 0 Å². The highest BCUT2D eigenvalue weighted by Gasteiger charge is 2.06. The molecule has 0 bridgehead atoms. The average Bonchev–Trinajstić information content (AvgIpc) is 1.69. The molecule has 0 unspecified atom stereocenters. The molecule has 7 heavy (non-hydrogen) atoms. The van der Waals surface area contributed by atoms with E-state index in [-0.39, 0.29) is 0 Å². The third-order valence-corrected chi connectivity index (χ3v) is 1.68. The number of hydrogen-bond donors (Lipinski definition) is 1. The van der Waals surface area contributed by atoms with Crippen LogP contribution in [0.2, 0.25) is 0 Å². The summed E-state index contributed by atoms with van der Waals surface area (Å²) >= 11 is 2.32. The summed E-state index contributed by atoms with van der Waals surface area (Å²) in [5.41, 5.74) is 0. The average molecular weight is 213 g/mol. The summed E-state index contributed by atoms with van der Waals surface area (Å²) in [7, 11) is 0. The van der Waals surface area contributed by atoms with E-state index in [2.05, 4.69) is 27.9 Å². The number of ether oxygens (including phenoxy) is 1. The smallest absolute Gasteiger partial charge is 0.0831 e. The van der Waals surface area contributed by atoms with E-state index >= 15 is 0 Å². The predicted molar refractivity (Wildman–Crippen MR) is 36.6 cm³/mol. The molecule has 1 fully saturated rings. The quantitative estimate of drug-likeness (QED) is 0.356. The van der Waals surface area contributed by atoms with E-state index in [4.69, 9.17) is 4.74 Å². The molecule has 0 aromatic heterocycles. The van der Waals surface area contributed by atoms with Crippen LogP contribution in [-0.2, 0) is 4.74 Å². The number of rotatable bonds is 0. The molecule has 3 heteroatoms. The van der Waals surface area contributed by atoms with Gasteiger partial charge in [-0.15, -0.1) is 0 Å². The summed E-state index contributed by atoms with van der Waals surface area (Å²) in [4.78, 5) is 0. The van der Waals surface area contributed by atoms with Crippen LogP contribution >= 0.6 is 22.6 Å². The Morgan fingerprint density at radius 1 is 1.71 bits per heavy atom. The van der Waals surface area contributed by atoms with Crippen molar-refractivity contribution in [2.45, 2.75) is 4.05 Å². The molecule has 1 N–H and O–H groups in total. The summed E-state index contributed by atoms with van der Waals surface area (Å²) < 4.78 is 5.65. The fraction of sp³-hybridized carbons (Fsp3) is 1.00. The normalized spacial score (nSPS) is 33.0. The van der Waals surface area contributed by atoms with Gasteiger partial charge in [0, 0.05) is 6.54 Å². The highest BCUT2D eigenvalue weighted by Crippen LogP contribution is 1.99. The van der Waals surface area contributed by atoms with Gasteiger partial charge in [-0.3, -0.25) is 0 Å². The summed E-state index contributed by atoms with van der Waals surface area (Å²) in [6, 6.07) is 0. The van der Waals surface area contributed by atoms with Gasteiger partial charge in [0.05, 0.1) is 17.3 Å². The van der Waals surface area contributed by atoms with Gasteiger partial charge < -0.3 is 10.1 Å². The van der Waals surface area contributed by atoms with E-state index in [1.807, 2.05) is 0 Å². The Kier molecular flexibility index (Phi) is 2.34. The van der Waals surface area contributed by atoms with E-state index in [1.54, 1.807) is 0 Å². The van der Waals surface area contributed by atoms with Crippen molar-refractivity contribution in [1.29, 1.82) is 0 Å². The molecular formula is C4H8INO. The highest BCUT2D eigenvalue weighted by atomic mass is 127. The maximum Gasteiger partial charge on any atom is 0.0831 e. The van der Waals surface area contributed by atoms with Crippen molar-refractivity contribution in [2.24, 2.45) is 0 Å². The number of halogens is 1. The summed E-state index contributed by atoms with van der Waals surface area (Å²) in [5, 5.41) is 3.24. The van der Waals surface area contributed by atoms with E-state index in [0.29, 0.717) is 4.05 Å². The second-order valence-electron chi connectivity index (χ2n) is 1.50. The highest BCUT2D eigenvalue weighted by molar-refractivity contribution is 14.1. The van der Waals surface area contributed by atoms with Crippen LogP contribution in [0.1, 0.15) is 0 Å². The van der Waals surface area contributed by atoms with Crippen LogP contribution in [0.25, 0.3) is 0 Å². The maximum absolute atomic E-state index is 5.11. The van der Waals surface area contributed by atoms with Crippen molar-refractivity contribution in [3.63, 3.8) is 0 Å². The standard InChI is InChI=1S/C4H8INO/c5-4-3-7-2-1-6-4/h4,6H,1-3H2/t4-/m0/s1. The van der Waals surface area contributed by atoms with E-state index < -0.39 is 0 Å². The van der Waals surface area contributed by atoms with Crippen molar-refractivity contribution >= 4 is 22.6 Å². The molecule has 1 aliphatic heterocycles. The molecule has 1 atom stereocenters. The molecule has 42 valence electrons. The maximum atomic E-state index is 5.11. The lowest BCUT2D eigenvalue weighted by Crippen LogP contribution is -2.36. The van der Waals surface area contributed by atoms with Crippen LogP contribution in [0.4, 0.5) is 0 Å². The Morgan fingerprint density at radius 3 is 2.86 bits per heavy atom. The van der Waals surface area contributed by atoms with Crippen LogP contribution in [0.15, 0.2) is 0 Å². The third-order valence-electron chi connectivity index (χ3n) is 0.876. The zero-order valence-electron chi connectivity index (χ0n) is 3.98. The number of alkyl halides is 1. The topological polar surface area (TPSA) is 21.3 Å².